The molecule has 0 saturated carbocycles. The van der Waals surface area contributed by atoms with Crippen molar-refractivity contribution in [3.05, 3.63) is 83.7 Å². The molecule has 0 aromatic heterocycles. The van der Waals surface area contributed by atoms with Crippen molar-refractivity contribution < 1.29 is 19.0 Å². The number of phenols is 1. The molecule has 0 fully saturated rings. The Morgan fingerprint density at radius 1 is 1.00 bits per heavy atom. The van der Waals surface area contributed by atoms with Crippen molar-refractivity contribution in [3.63, 3.8) is 0 Å². The summed E-state index contributed by atoms with van der Waals surface area (Å²) in [5.41, 5.74) is 4.46. The number of rotatable bonds is 3. The second kappa shape index (κ2) is 6.52. The molecule has 3 aromatic carbocycles. The van der Waals surface area contributed by atoms with Crippen molar-refractivity contribution in [2.24, 2.45) is 0 Å². The van der Waals surface area contributed by atoms with E-state index in [2.05, 4.69) is 17.4 Å². The van der Waals surface area contributed by atoms with Crippen molar-refractivity contribution in [1.29, 1.82) is 0 Å². The van der Waals surface area contributed by atoms with Crippen LogP contribution < -0.4 is 5.32 Å². The Hall–Kier alpha value is -3.34. The van der Waals surface area contributed by atoms with Gasteiger partial charge < -0.3 is 9.84 Å². The summed E-state index contributed by atoms with van der Waals surface area (Å²) in [5.74, 6) is -0.989. The molecular weight excluding hydrogens is 333 g/mol. The Morgan fingerprint density at radius 2 is 1.62 bits per heavy atom. The number of carbonyl (C=O) groups excluding carboxylic acids is 1. The molecule has 0 aliphatic heterocycles. The number of benzene rings is 3. The molecule has 4 nitrogen and oxygen atoms in total. The number of hydrogen-bond donors (Lipinski definition) is 2. The summed E-state index contributed by atoms with van der Waals surface area (Å²) < 4.78 is 19.1. The third-order valence-electron chi connectivity index (χ3n) is 4.53. The second-order valence-electron chi connectivity index (χ2n) is 6.11. The number of hydrogen-bond acceptors (Lipinski definition) is 3. The summed E-state index contributed by atoms with van der Waals surface area (Å²) >= 11 is 0. The number of anilines is 1. The maximum Gasteiger partial charge on any atom is 0.411 e. The van der Waals surface area contributed by atoms with Gasteiger partial charge in [0.2, 0.25) is 0 Å². The van der Waals surface area contributed by atoms with E-state index in [1.54, 1.807) is 0 Å². The minimum Gasteiger partial charge on any atom is -0.508 e. The normalized spacial score (nSPS) is 12.3. The molecule has 0 heterocycles. The molecule has 0 saturated heterocycles. The summed E-state index contributed by atoms with van der Waals surface area (Å²) in [4.78, 5) is 12.1. The molecule has 3 aromatic rings. The van der Waals surface area contributed by atoms with Crippen molar-refractivity contribution in [2.45, 2.75) is 5.92 Å². The summed E-state index contributed by atoms with van der Waals surface area (Å²) in [6.45, 7) is 0.152. The molecule has 0 atom stereocenters. The summed E-state index contributed by atoms with van der Waals surface area (Å²) in [6.07, 6.45) is -0.739. The van der Waals surface area contributed by atoms with E-state index in [0.717, 1.165) is 28.3 Å². The highest BCUT2D eigenvalue weighted by Crippen LogP contribution is 2.44. The van der Waals surface area contributed by atoms with E-state index in [4.69, 9.17) is 4.74 Å². The van der Waals surface area contributed by atoms with E-state index >= 15 is 0 Å². The van der Waals surface area contributed by atoms with E-state index in [9.17, 15) is 14.3 Å². The molecule has 26 heavy (non-hydrogen) atoms. The van der Waals surface area contributed by atoms with Crippen LogP contribution in [0.25, 0.3) is 11.1 Å². The number of amides is 1. The first-order chi connectivity index (χ1) is 12.6. The van der Waals surface area contributed by atoms with E-state index in [0.29, 0.717) is 0 Å². The number of aromatic hydroxyl groups is 1. The Morgan fingerprint density at radius 3 is 2.23 bits per heavy atom. The number of phenolic OH excluding ortho intramolecular Hbond substituents is 1. The largest absolute Gasteiger partial charge is 0.508 e. The molecule has 0 radical (unpaired) electrons. The van der Waals surface area contributed by atoms with Crippen molar-refractivity contribution in [2.75, 3.05) is 11.9 Å². The Bertz CT molecular complexity index is 941. The molecule has 2 N–H and O–H groups in total. The molecule has 130 valence electrons. The van der Waals surface area contributed by atoms with Gasteiger partial charge in [-0.15, -0.1) is 0 Å². The van der Waals surface area contributed by atoms with Crippen LogP contribution in [0, 0.1) is 5.82 Å². The zero-order valence-electron chi connectivity index (χ0n) is 13.8. The van der Waals surface area contributed by atoms with Gasteiger partial charge in [0.05, 0.1) is 5.69 Å². The first kappa shape index (κ1) is 16.1. The topological polar surface area (TPSA) is 58.6 Å². The third kappa shape index (κ3) is 2.88. The van der Waals surface area contributed by atoms with Crippen LogP contribution in [0.5, 0.6) is 5.75 Å². The van der Waals surface area contributed by atoms with Crippen molar-refractivity contribution >= 4 is 11.8 Å². The average Bonchev–Trinajstić information content (AvgIpc) is 2.96. The van der Waals surface area contributed by atoms with Gasteiger partial charge in [-0.25, -0.2) is 9.18 Å². The second-order valence-corrected chi connectivity index (χ2v) is 6.11. The molecule has 1 aliphatic rings. The zero-order chi connectivity index (χ0) is 18.1. The van der Waals surface area contributed by atoms with Gasteiger partial charge in [0.25, 0.3) is 0 Å². The molecule has 0 unspecified atom stereocenters. The van der Waals surface area contributed by atoms with E-state index in [1.807, 2.05) is 36.4 Å². The predicted octanol–water partition coefficient (Wildman–Crippen LogP) is 4.89. The molecule has 1 aliphatic carbocycles. The lowest BCUT2D eigenvalue weighted by Gasteiger charge is -2.14. The van der Waals surface area contributed by atoms with Crippen LogP contribution in [0.2, 0.25) is 0 Å². The van der Waals surface area contributed by atoms with Crippen LogP contribution in [-0.4, -0.2) is 17.8 Å². The first-order valence-corrected chi connectivity index (χ1v) is 8.24. The highest BCUT2D eigenvalue weighted by Gasteiger charge is 2.29. The lowest BCUT2D eigenvalue weighted by molar-refractivity contribution is 0.158. The minimum atomic E-state index is -0.739. The minimum absolute atomic E-state index is 0.0416. The van der Waals surface area contributed by atoms with Gasteiger partial charge in [-0.2, -0.15) is 0 Å². The number of carbonyl (C=O) groups is 1. The van der Waals surface area contributed by atoms with Crippen molar-refractivity contribution in [3.8, 4) is 16.9 Å². The molecule has 0 bridgehead atoms. The summed E-state index contributed by atoms with van der Waals surface area (Å²) in [5, 5.41) is 11.6. The summed E-state index contributed by atoms with van der Waals surface area (Å²) in [7, 11) is 0. The van der Waals surface area contributed by atoms with Crippen molar-refractivity contribution in [1.82, 2.24) is 0 Å². The Labute approximate surface area is 149 Å². The highest BCUT2D eigenvalue weighted by atomic mass is 19.1. The molecule has 5 heteroatoms. The van der Waals surface area contributed by atoms with E-state index in [-0.39, 0.29) is 24.0 Å². The quantitative estimate of drug-likeness (QED) is 0.662. The smallest absolute Gasteiger partial charge is 0.411 e. The lowest BCUT2D eigenvalue weighted by atomic mass is 9.98. The molecule has 1 amide bonds. The van der Waals surface area contributed by atoms with Gasteiger partial charge in [-0.05, 0) is 34.4 Å². The zero-order valence-corrected chi connectivity index (χ0v) is 13.8. The highest BCUT2D eigenvalue weighted by molar-refractivity contribution is 5.85. The Balaban J connectivity index is 1.50. The number of halogens is 1. The van der Waals surface area contributed by atoms with Crippen LogP contribution in [0.4, 0.5) is 14.9 Å². The van der Waals surface area contributed by atoms with Gasteiger partial charge in [0, 0.05) is 12.0 Å². The Kier molecular flexibility index (Phi) is 4.05. The fourth-order valence-corrected chi connectivity index (χ4v) is 3.35. The van der Waals surface area contributed by atoms with Crippen LogP contribution in [0.15, 0.2) is 66.7 Å². The van der Waals surface area contributed by atoms with Gasteiger partial charge in [0.15, 0.2) is 0 Å². The van der Waals surface area contributed by atoms with Gasteiger partial charge in [-0.3, -0.25) is 5.32 Å². The number of fused-ring (bicyclic) bond motifs is 3. The summed E-state index contributed by atoms with van der Waals surface area (Å²) in [6, 6.07) is 19.6. The molecule has 4 rings (SSSR count). The average molecular weight is 349 g/mol. The maximum absolute atomic E-state index is 13.7. The molecule has 0 spiro atoms. The fraction of sp³-hybridized carbons (Fsp3) is 0.0952. The van der Waals surface area contributed by atoms with Crippen LogP contribution in [-0.2, 0) is 4.74 Å². The van der Waals surface area contributed by atoms with Gasteiger partial charge in [0.1, 0.15) is 18.2 Å². The van der Waals surface area contributed by atoms with Crippen LogP contribution in [0.3, 0.4) is 0 Å². The van der Waals surface area contributed by atoms with Crippen LogP contribution >= 0.6 is 0 Å². The monoisotopic (exact) mass is 349 g/mol. The maximum atomic E-state index is 13.7. The fourth-order valence-electron chi connectivity index (χ4n) is 3.35. The van der Waals surface area contributed by atoms with Gasteiger partial charge in [-0.1, -0.05) is 48.5 Å². The van der Waals surface area contributed by atoms with E-state index < -0.39 is 11.9 Å². The molecular formula is C21H16FNO3. The SMILES string of the molecule is O=C(Nc1ccc(O)cc1F)OCC1c2ccccc2-c2ccccc21. The predicted molar refractivity (Wildman–Crippen MR) is 96.8 cm³/mol. The van der Waals surface area contributed by atoms with Crippen LogP contribution in [0.1, 0.15) is 17.0 Å². The number of ether oxygens (including phenoxy) is 1. The standard InChI is InChI=1S/C21H16FNO3/c22-19-11-13(24)9-10-20(19)23-21(25)26-12-18-16-7-3-1-5-14(16)15-6-2-4-8-17(15)18/h1-11,18,24H,12H2,(H,23,25). The lowest BCUT2D eigenvalue weighted by Crippen LogP contribution is -2.18. The van der Waals surface area contributed by atoms with E-state index in [1.165, 1.54) is 12.1 Å². The third-order valence-corrected chi connectivity index (χ3v) is 4.53. The van der Waals surface area contributed by atoms with Gasteiger partial charge >= 0.3 is 6.09 Å². The first-order valence-electron chi connectivity index (χ1n) is 8.24. The number of nitrogens with one attached hydrogen (secondary N) is 1.